The molecule has 0 saturated carbocycles. The van der Waals surface area contributed by atoms with E-state index in [0.717, 1.165) is 5.56 Å². The lowest BCUT2D eigenvalue weighted by atomic mass is 10.1. The van der Waals surface area contributed by atoms with Crippen LogP contribution in [0.3, 0.4) is 0 Å². The molecule has 2 aromatic heterocycles. The van der Waals surface area contributed by atoms with Gasteiger partial charge in [0.25, 0.3) is 0 Å². The third-order valence-electron chi connectivity index (χ3n) is 2.04. The van der Waals surface area contributed by atoms with Crippen molar-refractivity contribution in [3.8, 4) is 0 Å². The Kier molecular flexibility index (Phi) is 2.16. The number of aromatic amines is 1. The van der Waals surface area contributed by atoms with E-state index in [9.17, 15) is 0 Å². The first-order valence-electron chi connectivity index (χ1n) is 4.23. The number of aromatic nitrogens is 3. The van der Waals surface area contributed by atoms with Crippen molar-refractivity contribution in [2.24, 2.45) is 5.73 Å². The number of pyridine rings is 1. The van der Waals surface area contributed by atoms with Gasteiger partial charge in [-0.15, -0.1) is 0 Å². The average Bonchev–Trinajstić information content (AvgIpc) is 2.70. The summed E-state index contributed by atoms with van der Waals surface area (Å²) in [7, 11) is 0. The third-order valence-corrected chi connectivity index (χ3v) is 2.04. The van der Waals surface area contributed by atoms with Crippen LogP contribution in [-0.2, 0) is 0 Å². The van der Waals surface area contributed by atoms with Gasteiger partial charge >= 0.3 is 0 Å². The quantitative estimate of drug-likeness (QED) is 0.638. The number of nitrogens with one attached hydrogen (secondary N) is 1. The first-order valence-corrected chi connectivity index (χ1v) is 4.23. The fourth-order valence-electron chi connectivity index (χ4n) is 1.27. The minimum absolute atomic E-state index is 0.348. The van der Waals surface area contributed by atoms with Gasteiger partial charge < -0.3 is 16.5 Å². The van der Waals surface area contributed by atoms with E-state index >= 15 is 0 Å². The molecule has 2 aromatic rings. The Bertz CT molecular complexity index is 409. The van der Waals surface area contributed by atoms with Gasteiger partial charge in [0.05, 0.1) is 6.04 Å². The van der Waals surface area contributed by atoms with Crippen LogP contribution in [0.1, 0.15) is 17.4 Å². The number of nitrogens with two attached hydrogens (primary N) is 2. The summed E-state index contributed by atoms with van der Waals surface area (Å²) >= 11 is 0. The maximum atomic E-state index is 5.95. The predicted octanol–water partition coefficient (Wildman–Crippen LogP) is 0.435. The first kappa shape index (κ1) is 8.71. The Morgan fingerprint density at radius 3 is 2.86 bits per heavy atom. The molecule has 0 aliphatic rings. The molecule has 0 radical (unpaired) electrons. The highest BCUT2D eigenvalue weighted by molar-refractivity contribution is 5.47. The average molecular weight is 189 g/mol. The normalized spacial score (nSPS) is 12.6. The van der Waals surface area contributed by atoms with Crippen molar-refractivity contribution in [1.29, 1.82) is 0 Å². The summed E-state index contributed by atoms with van der Waals surface area (Å²) in [4.78, 5) is 11.0. The Morgan fingerprint density at radius 1 is 1.36 bits per heavy atom. The molecule has 0 spiro atoms. The highest BCUT2D eigenvalue weighted by Gasteiger charge is 2.13. The molecule has 0 saturated heterocycles. The van der Waals surface area contributed by atoms with E-state index in [0.29, 0.717) is 11.5 Å². The summed E-state index contributed by atoms with van der Waals surface area (Å²) in [5.41, 5.74) is 13.1. The second-order valence-electron chi connectivity index (χ2n) is 2.96. The van der Waals surface area contributed by atoms with Crippen LogP contribution in [0.2, 0.25) is 0 Å². The Labute approximate surface area is 81.2 Å². The van der Waals surface area contributed by atoms with Crippen LogP contribution < -0.4 is 11.5 Å². The van der Waals surface area contributed by atoms with E-state index in [1.54, 1.807) is 30.9 Å². The van der Waals surface area contributed by atoms with Crippen molar-refractivity contribution in [3.05, 3.63) is 42.2 Å². The first-order chi connectivity index (χ1) is 6.79. The molecule has 5 heteroatoms. The zero-order valence-electron chi connectivity index (χ0n) is 7.51. The lowest BCUT2D eigenvalue weighted by Crippen LogP contribution is -2.15. The molecule has 2 heterocycles. The summed E-state index contributed by atoms with van der Waals surface area (Å²) in [5, 5.41) is 0. The molecule has 5 nitrogen and oxygen atoms in total. The van der Waals surface area contributed by atoms with Gasteiger partial charge in [-0.1, -0.05) is 0 Å². The monoisotopic (exact) mass is 189 g/mol. The minimum Gasteiger partial charge on any atom is -0.398 e. The molecule has 5 N–H and O–H groups in total. The van der Waals surface area contributed by atoms with Crippen LogP contribution in [0, 0.1) is 0 Å². The number of rotatable bonds is 2. The van der Waals surface area contributed by atoms with Crippen LogP contribution in [0.5, 0.6) is 0 Å². The molecule has 0 fully saturated rings. The number of nitrogens with zero attached hydrogens (tertiary/aromatic N) is 2. The fourth-order valence-corrected chi connectivity index (χ4v) is 1.27. The van der Waals surface area contributed by atoms with Crippen molar-refractivity contribution in [3.63, 3.8) is 0 Å². The van der Waals surface area contributed by atoms with E-state index in [1.165, 1.54) is 0 Å². The molecule has 0 aliphatic carbocycles. The van der Waals surface area contributed by atoms with Crippen molar-refractivity contribution in [1.82, 2.24) is 15.0 Å². The van der Waals surface area contributed by atoms with Crippen molar-refractivity contribution >= 4 is 5.69 Å². The third kappa shape index (κ3) is 1.45. The zero-order valence-corrected chi connectivity index (χ0v) is 7.51. The summed E-state index contributed by atoms with van der Waals surface area (Å²) in [6, 6.07) is 1.37. The molecule has 1 unspecified atom stereocenters. The van der Waals surface area contributed by atoms with Crippen LogP contribution in [0.4, 0.5) is 5.69 Å². The lowest BCUT2D eigenvalue weighted by Gasteiger charge is -2.10. The zero-order chi connectivity index (χ0) is 9.97. The van der Waals surface area contributed by atoms with E-state index in [-0.39, 0.29) is 6.04 Å². The number of hydrogen-bond donors (Lipinski definition) is 3. The summed E-state index contributed by atoms with van der Waals surface area (Å²) in [6.07, 6.45) is 6.67. The molecule has 0 amide bonds. The Balaban J connectivity index is 2.37. The highest BCUT2D eigenvalue weighted by Crippen LogP contribution is 2.20. The van der Waals surface area contributed by atoms with Gasteiger partial charge in [-0.3, -0.25) is 4.98 Å². The fraction of sp³-hybridized carbons (Fsp3) is 0.111. The standard InChI is InChI=1S/C9H11N5/c10-7-1-2-12-5-6(7)8(11)9-13-3-4-14-9/h1-5,8H,11H2,(H2,10,12)(H,13,14). The topological polar surface area (TPSA) is 93.6 Å². The molecule has 72 valence electrons. The van der Waals surface area contributed by atoms with Crippen LogP contribution in [0.25, 0.3) is 0 Å². The van der Waals surface area contributed by atoms with E-state index in [2.05, 4.69) is 15.0 Å². The second kappa shape index (κ2) is 3.47. The van der Waals surface area contributed by atoms with Gasteiger partial charge in [-0.25, -0.2) is 4.98 Å². The molecule has 1 atom stereocenters. The molecule has 14 heavy (non-hydrogen) atoms. The molecular weight excluding hydrogens is 178 g/mol. The van der Waals surface area contributed by atoms with Gasteiger partial charge in [0, 0.05) is 36.0 Å². The van der Waals surface area contributed by atoms with E-state index in [1.807, 2.05) is 0 Å². The lowest BCUT2D eigenvalue weighted by molar-refractivity contribution is 0.798. The summed E-state index contributed by atoms with van der Waals surface area (Å²) < 4.78 is 0. The largest absolute Gasteiger partial charge is 0.398 e. The number of nitrogen functional groups attached to an aromatic ring is 1. The smallest absolute Gasteiger partial charge is 0.127 e. The minimum atomic E-state index is -0.348. The van der Waals surface area contributed by atoms with Crippen LogP contribution in [0.15, 0.2) is 30.9 Å². The van der Waals surface area contributed by atoms with Crippen molar-refractivity contribution in [2.45, 2.75) is 6.04 Å². The molecule has 0 aliphatic heterocycles. The van der Waals surface area contributed by atoms with Gasteiger partial charge in [0.2, 0.25) is 0 Å². The van der Waals surface area contributed by atoms with Gasteiger partial charge in [0.15, 0.2) is 0 Å². The Hall–Kier alpha value is -1.88. The van der Waals surface area contributed by atoms with E-state index < -0.39 is 0 Å². The summed E-state index contributed by atoms with van der Waals surface area (Å²) in [5.74, 6) is 0.685. The number of imidazole rings is 1. The molecule has 2 rings (SSSR count). The molecular formula is C9H11N5. The van der Waals surface area contributed by atoms with E-state index in [4.69, 9.17) is 11.5 Å². The van der Waals surface area contributed by atoms with Crippen LogP contribution >= 0.6 is 0 Å². The SMILES string of the molecule is Nc1ccncc1C(N)c1ncc[nH]1. The number of hydrogen-bond acceptors (Lipinski definition) is 4. The van der Waals surface area contributed by atoms with Gasteiger partial charge in [-0.2, -0.15) is 0 Å². The maximum Gasteiger partial charge on any atom is 0.127 e. The maximum absolute atomic E-state index is 5.95. The molecule has 0 bridgehead atoms. The van der Waals surface area contributed by atoms with Crippen LogP contribution in [-0.4, -0.2) is 15.0 Å². The number of anilines is 1. The van der Waals surface area contributed by atoms with Gasteiger partial charge in [0.1, 0.15) is 5.82 Å². The molecule has 0 aromatic carbocycles. The second-order valence-corrected chi connectivity index (χ2v) is 2.96. The number of H-pyrrole nitrogens is 1. The Morgan fingerprint density at radius 2 is 2.21 bits per heavy atom. The summed E-state index contributed by atoms with van der Waals surface area (Å²) in [6.45, 7) is 0. The van der Waals surface area contributed by atoms with Crippen molar-refractivity contribution < 1.29 is 0 Å². The van der Waals surface area contributed by atoms with Crippen molar-refractivity contribution in [2.75, 3.05) is 5.73 Å². The predicted molar refractivity (Wildman–Crippen MR) is 53.3 cm³/mol. The highest BCUT2D eigenvalue weighted by atomic mass is 14.9. The van der Waals surface area contributed by atoms with Gasteiger partial charge in [-0.05, 0) is 6.07 Å².